The number of carbonyl (C=O) groups is 2. The molecule has 0 saturated carbocycles. The van der Waals surface area contributed by atoms with Crippen molar-refractivity contribution in [2.24, 2.45) is 4.99 Å². The zero-order valence-corrected chi connectivity index (χ0v) is 17.4. The monoisotopic (exact) mass is 429 g/mol. The molecule has 0 aliphatic carbocycles. The number of thioether (sulfide) groups is 1. The van der Waals surface area contributed by atoms with Gasteiger partial charge in [0.05, 0.1) is 10.9 Å². The molecule has 0 aromatic heterocycles. The van der Waals surface area contributed by atoms with E-state index in [1.807, 2.05) is 5.01 Å². The van der Waals surface area contributed by atoms with Gasteiger partial charge in [0, 0.05) is 19.0 Å². The van der Waals surface area contributed by atoms with E-state index in [0.717, 1.165) is 19.0 Å². The number of hydrogen-bond donors (Lipinski definition) is 0. The Labute approximate surface area is 171 Å². The molecule has 0 N–H and O–H groups in total. The predicted molar refractivity (Wildman–Crippen MR) is 105 cm³/mol. The Balaban J connectivity index is 1.79. The number of hydrogen-bond acceptors (Lipinski definition) is 7. The van der Waals surface area contributed by atoms with Gasteiger partial charge in [0.1, 0.15) is 22.9 Å². The lowest BCUT2D eigenvalue weighted by Gasteiger charge is -2.32. The second-order valence-electron chi connectivity index (χ2n) is 7.32. The molecule has 7 nitrogen and oxygen atoms in total. The molecule has 0 radical (unpaired) electrons. The summed E-state index contributed by atoms with van der Waals surface area (Å²) < 4.78 is 25.0. The maximum Gasteiger partial charge on any atom is 0.344 e. The van der Waals surface area contributed by atoms with Gasteiger partial charge in [-0.15, -0.1) is 0 Å². The molecule has 2 heterocycles. The quantitative estimate of drug-likeness (QED) is 0.662. The number of amidine groups is 1. The summed E-state index contributed by atoms with van der Waals surface area (Å²) in [6, 6.07) is 2.40. The number of hydrazine groups is 1. The standard InChI is InChI=1S/C18H21ClFN3O4S/c1-18(2,3)27-16(24)9-26-14-8-13(12(20)7-11(14)19)21-15-5-4-6-22-10-28-17(25)23(15)22/h7-8H,4-6,9-10H2,1-3H3. The minimum atomic E-state index is -0.642. The van der Waals surface area contributed by atoms with Crippen LogP contribution in [0.4, 0.5) is 14.9 Å². The second kappa shape index (κ2) is 8.26. The lowest BCUT2D eigenvalue weighted by Crippen LogP contribution is -2.47. The summed E-state index contributed by atoms with van der Waals surface area (Å²) in [6.45, 7) is 5.62. The number of esters is 1. The topological polar surface area (TPSA) is 71.4 Å². The minimum Gasteiger partial charge on any atom is -0.480 e. The lowest BCUT2D eigenvalue weighted by molar-refractivity contribution is -0.157. The van der Waals surface area contributed by atoms with Gasteiger partial charge in [0.2, 0.25) is 0 Å². The number of fused-ring (bicyclic) bond motifs is 1. The first-order valence-electron chi connectivity index (χ1n) is 8.77. The number of nitrogens with zero attached hydrogens (tertiary/aromatic N) is 3. The van der Waals surface area contributed by atoms with E-state index < -0.39 is 17.4 Å². The van der Waals surface area contributed by atoms with Crippen molar-refractivity contribution in [2.75, 3.05) is 19.0 Å². The van der Waals surface area contributed by atoms with Crippen LogP contribution in [-0.4, -0.2) is 51.7 Å². The molecule has 0 spiro atoms. The number of ether oxygens (including phenoxy) is 2. The van der Waals surface area contributed by atoms with Crippen LogP contribution in [0, 0.1) is 5.82 Å². The van der Waals surface area contributed by atoms with Gasteiger partial charge in [0.25, 0.3) is 0 Å². The van der Waals surface area contributed by atoms with Crippen LogP contribution in [0.25, 0.3) is 0 Å². The molecule has 2 saturated heterocycles. The molecule has 3 rings (SSSR count). The van der Waals surface area contributed by atoms with Gasteiger partial charge in [-0.3, -0.25) is 4.79 Å². The van der Waals surface area contributed by atoms with Crippen molar-refractivity contribution in [3.05, 3.63) is 23.0 Å². The van der Waals surface area contributed by atoms with E-state index in [2.05, 4.69) is 4.99 Å². The number of benzene rings is 1. The highest BCUT2D eigenvalue weighted by atomic mass is 35.5. The highest BCUT2D eigenvalue weighted by Crippen LogP contribution is 2.34. The van der Waals surface area contributed by atoms with Gasteiger partial charge in [0.15, 0.2) is 12.4 Å². The fourth-order valence-electron chi connectivity index (χ4n) is 2.79. The van der Waals surface area contributed by atoms with Crippen LogP contribution in [0.15, 0.2) is 17.1 Å². The molecule has 28 heavy (non-hydrogen) atoms. The summed E-state index contributed by atoms with van der Waals surface area (Å²) in [4.78, 5) is 28.2. The first-order valence-corrected chi connectivity index (χ1v) is 10.1. The van der Waals surface area contributed by atoms with Crippen molar-refractivity contribution in [1.29, 1.82) is 0 Å². The smallest absolute Gasteiger partial charge is 0.344 e. The molecular formula is C18H21ClFN3O4S. The Morgan fingerprint density at radius 3 is 2.86 bits per heavy atom. The van der Waals surface area contributed by atoms with Gasteiger partial charge in [-0.25, -0.2) is 24.2 Å². The van der Waals surface area contributed by atoms with Crippen molar-refractivity contribution in [1.82, 2.24) is 10.0 Å². The van der Waals surface area contributed by atoms with Gasteiger partial charge in [-0.05, 0) is 45.0 Å². The summed E-state index contributed by atoms with van der Waals surface area (Å²) in [5.74, 6) is -0.0592. The summed E-state index contributed by atoms with van der Waals surface area (Å²) in [5, 5.41) is 3.25. The molecule has 0 unspecified atom stereocenters. The van der Waals surface area contributed by atoms with Gasteiger partial charge in [-0.1, -0.05) is 11.6 Å². The molecule has 1 amide bonds. The van der Waals surface area contributed by atoms with E-state index in [1.54, 1.807) is 20.8 Å². The molecule has 2 aliphatic rings. The van der Waals surface area contributed by atoms with Gasteiger partial charge in [-0.2, -0.15) is 0 Å². The molecular weight excluding hydrogens is 409 g/mol. The third-order valence-electron chi connectivity index (χ3n) is 3.87. The second-order valence-corrected chi connectivity index (χ2v) is 8.63. The predicted octanol–water partition coefficient (Wildman–Crippen LogP) is 4.37. The third-order valence-corrected chi connectivity index (χ3v) is 5.01. The Morgan fingerprint density at radius 2 is 2.14 bits per heavy atom. The van der Waals surface area contributed by atoms with Crippen LogP contribution in [0.3, 0.4) is 0 Å². The summed E-state index contributed by atoms with van der Waals surface area (Å²) in [5.41, 5.74) is -0.651. The van der Waals surface area contributed by atoms with E-state index in [0.29, 0.717) is 18.1 Å². The molecule has 10 heteroatoms. The van der Waals surface area contributed by atoms with Gasteiger partial charge >= 0.3 is 11.2 Å². The van der Waals surface area contributed by atoms with Crippen LogP contribution in [0.1, 0.15) is 33.6 Å². The summed E-state index contributed by atoms with van der Waals surface area (Å²) in [7, 11) is 0. The zero-order chi connectivity index (χ0) is 20.5. The zero-order valence-electron chi connectivity index (χ0n) is 15.8. The van der Waals surface area contributed by atoms with Crippen molar-refractivity contribution in [3.8, 4) is 5.75 Å². The van der Waals surface area contributed by atoms with Crippen molar-refractivity contribution < 1.29 is 23.5 Å². The van der Waals surface area contributed by atoms with E-state index >= 15 is 0 Å². The summed E-state index contributed by atoms with van der Waals surface area (Å²) in [6.07, 6.45) is 1.37. The molecule has 0 bridgehead atoms. The SMILES string of the molecule is CC(C)(C)OC(=O)COc1cc(N=C2CCCN3CSC(=O)N23)c(F)cc1Cl. The fraction of sp³-hybridized carbons (Fsp3) is 0.500. The van der Waals surface area contributed by atoms with E-state index in [4.69, 9.17) is 21.1 Å². The Kier molecular flexibility index (Phi) is 6.16. The Bertz CT molecular complexity index is 828. The van der Waals surface area contributed by atoms with Crippen LogP contribution in [0.5, 0.6) is 5.75 Å². The van der Waals surface area contributed by atoms with Crippen molar-refractivity contribution in [3.63, 3.8) is 0 Å². The number of carbonyl (C=O) groups excluding carboxylic acids is 2. The summed E-state index contributed by atoms with van der Waals surface area (Å²) >= 11 is 7.22. The average Bonchev–Trinajstić information content (AvgIpc) is 2.97. The third kappa shape index (κ3) is 4.95. The van der Waals surface area contributed by atoms with Crippen LogP contribution in [0.2, 0.25) is 5.02 Å². The van der Waals surface area contributed by atoms with Crippen molar-refractivity contribution in [2.45, 2.75) is 39.2 Å². The maximum absolute atomic E-state index is 14.4. The van der Waals surface area contributed by atoms with Crippen LogP contribution >= 0.6 is 23.4 Å². The highest BCUT2D eigenvalue weighted by molar-refractivity contribution is 8.13. The van der Waals surface area contributed by atoms with Gasteiger partial charge < -0.3 is 9.47 Å². The normalized spacial score (nSPS) is 19.1. The number of rotatable bonds is 4. The van der Waals surface area contributed by atoms with E-state index in [9.17, 15) is 14.0 Å². The molecule has 2 aliphatic heterocycles. The van der Waals surface area contributed by atoms with Crippen LogP contribution < -0.4 is 4.74 Å². The van der Waals surface area contributed by atoms with E-state index in [-0.39, 0.29) is 28.3 Å². The first-order chi connectivity index (χ1) is 13.1. The first kappa shape index (κ1) is 20.9. The molecule has 1 aromatic rings. The van der Waals surface area contributed by atoms with Crippen molar-refractivity contribution >= 4 is 46.1 Å². The van der Waals surface area contributed by atoms with E-state index in [1.165, 1.54) is 22.8 Å². The largest absolute Gasteiger partial charge is 0.480 e. The fourth-order valence-corrected chi connectivity index (χ4v) is 3.84. The number of amides is 1. The lowest BCUT2D eigenvalue weighted by atomic mass is 10.2. The molecule has 1 aromatic carbocycles. The number of aliphatic imine (C=N–C) groups is 1. The highest BCUT2D eigenvalue weighted by Gasteiger charge is 2.36. The average molecular weight is 430 g/mol. The molecule has 2 fully saturated rings. The molecule has 0 atom stereocenters. The molecule has 152 valence electrons. The Hall–Kier alpha value is -1.84. The Morgan fingerprint density at radius 1 is 1.39 bits per heavy atom. The number of halogens is 2. The van der Waals surface area contributed by atoms with Crippen LogP contribution in [-0.2, 0) is 9.53 Å². The maximum atomic E-state index is 14.4. The minimum absolute atomic E-state index is 0.00913.